The van der Waals surface area contributed by atoms with Gasteiger partial charge in [0.05, 0.1) is 6.10 Å². The highest BCUT2D eigenvalue weighted by atomic mass is 16.5. The maximum Gasteiger partial charge on any atom is 0.312 e. The van der Waals surface area contributed by atoms with Crippen molar-refractivity contribution >= 4 is 11.8 Å². The molecule has 0 bridgehead atoms. The number of carbonyl (C=O) groups excluding carboxylic acids is 2. The predicted octanol–water partition coefficient (Wildman–Crippen LogP) is -0.944. The molecule has 0 saturated carbocycles. The molecule has 0 aromatic carbocycles. The second-order valence-electron chi connectivity index (χ2n) is 4.86. The van der Waals surface area contributed by atoms with E-state index in [1.807, 2.05) is 0 Å². The summed E-state index contributed by atoms with van der Waals surface area (Å²) in [5, 5.41) is 3.16. The summed E-state index contributed by atoms with van der Waals surface area (Å²) in [5.41, 5.74) is 0. The molecular weight excluding hydrogens is 234 g/mol. The Morgan fingerprint density at radius 3 is 2.72 bits per heavy atom. The third-order valence-electron chi connectivity index (χ3n) is 3.44. The Kier molecular flexibility index (Phi) is 4.54. The van der Waals surface area contributed by atoms with Gasteiger partial charge in [-0.2, -0.15) is 0 Å². The molecule has 2 saturated heterocycles. The Morgan fingerprint density at radius 1 is 1.39 bits per heavy atom. The smallest absolute Gasteiger partial charge is 0.312 e. The molecule has 2 heterocycles. The lowest BCUT2D eigenvalue weighted by Gasteiger charge is -2.29. The molecule has 2 fully saturated rings. The summed E-state index contributed by atoms with van der Waals surface area (Å²) in [6.45, 7) is 4.01. The number of carbonyl (C=O) groups is 2. The summed E-state index contributed by atoms with van der Waals surface area (Å²) in [4.78, 5) is 27.1. The van der Waals surface area contributed by atoms with E-state index in [1.54, 1.807) is 11.9 Å². The van der Waals surface area contributed by atoms with Gasteiger partial charge in [-0.05, 0) is 12.8 Å². The molecule has 2 amide bonds. The molecule has 0 aliphatic carbocycles. The van der Waals surface area contributed by atoms with Crippen molar-refractivity contribution in [1.82, 2.24) is 15.1 Å². The Bertz CT molecular complexity index is 310. The van der Waals surface area contributed by atoms with Crippen molar-refractivity contribution in [1.29, 1.82) is 0 Å². The highest BCUT2D eigenvalue weighted by molar-refractivity contribution is 6.34. The molecule has 0 aromatic heterocycles. The zero-order valence-electron chi connectivity index (χ0n) is 10.9. The monoisotopic (exact) mass is 255 g/mol. The molecule has 0 spiro atoms. The first kappa shape index (κ1) is 13.3. The summed E-state index contributed by atoms with van der Waals surface area (Å²) in [7, 11) is 1.67. The Hall–Kier alpha value is -1.14. The van der Waals surface area contributed by atoms with E-state index in [2.05, 4.69) is 5.32 Å². The molecule has 0 radical (unpaired) electrons. The van der Waals surface area contributed by atoms with Crippen LogP contribution in [0.15, 0.2) is 0 Å². The highest BCUT2D eigenvalue weighted by Crippen LogP contribution is 2.13. The van der Waals surface area contributed by atoms with Crippen LogP contribution in [0.3, 0.4) is 0 Å². The van der Waals surface area contributed by atoms with Crippen molar-refractivity contribution in [2.24, 2.45) is 0 Å². The fraction of sp³-hybridized carbons (Fsp3) is 0.833. The van der Waals surface area contributed by atoms with Gasteiger partial charge in [0.1, 0.15) is 0 Å². The fourth-order valence-electron chi connectivity index (χ4n) is 2.34. The van der Waals surface area contributed by atoms with E-state index < -0.39 is 11.8 Å². The third kappa shape index (κ3) is 3.20. The summed E-state index contributed by atoms with van der Waals surface area (Å²) < 4.78 is 5.47. The van der Waals surface area contributed by atoms with Crippen LogP contribution in [0.25, 0.3) is 0 Å². The van der Waals surface area contributed by atoms with Crippen LogP contribution in [0.5, 0.6) is 0 Å². The number of rotatable bonds is 2. The maximum absolute atomic E-state index is 12.0. The van der Waals surface area contributed by atoms with Crippen molar-refractivity contribution < 1.29 is 14.3 Å². The number of hydrogen-bond donors (Lipinski definition) is 1. The molecule has 1 N–H and O–H groups in total. The van der Waals surface area contributed by atoms with Gasteiger partial charge >= 0.3 is 11.8 Å². The molecule has 6 heteroatoms. The summed E-state index contributed by atoms with van der Waals surface area (Å²) in [5.74, 6) is -0.815. The van der Waals surface area contributed by atoms with Crippen LogP contribution in [0.2, 0.25) is 0 Å². The summed E-state index contributed by atoms with van der Waals surface area (Å²) in [6.07, 6.45) is 2.10. The fourth-order valence-corrected chi connectivity index (χ4v) is 2.34. The molecule has 1 atom stereocenters. The summed E-state index contributed by atoms with van der Waals surface area (Å²) >= 11 is 0. The van der Waals surface area contributed by atoms with Crippen LogP contribution >= 0.6 is 0 Å². The topological polar surface area (TPSA) is 61.9 Å². The molecule has 2 rings (SSSR count). The minimum Gasteiger partial charge on any atom is -0.376 e. The summed E-state index contributed by atoms with van der Waals surface area (Å²) in [6, 6.07) is 0. The van der Waals surface area contributed by atoms with Crippen LogP contribution < -0.4 is 5.32 Å². The highest BCUT2D eigenvalue weighted by Gasteiger charge is 2.28. The molecule has 1 unspecified atom stereocenters. The van der Waals surface area contributed by atoms with E-state index in [0.717, 1.165) is 32.5 Å². The van der Waals surface area contributed by atoms with Gasteiger partial charge in [-0.25, -0.2) is 0 Å². The minimum atomic E-state index is -0.424. The van der Waals surface area contributed by atoms with Crippen LogP contribution in [0.4, 0.5) is 0 Å². The second-order valence-corrected chi connectivity index (χ2v) is 4.86. The molecular formula is C12H21N3O3. The molecule has 102 valence electrons. The first-order valence-electron chi connectivity index (χ1n) is 6.55. The number of nitrogens with one attached hydrogen (secondary N) is 1. The first-order chi connectivity index (χ1) is 8.68. The van der Waals surface area contributed by atoms with Gasteiger partial charge in [-0.1, -0.05) is 0 Å². The maximum atomic E-state index is 12.0. The molecule has 2 aliphatic rings. The zero-order chi connectivity index (χ0) is 13.0. The van der Waals surface area contributed by atoms with Gasteiger partial charge in [-0.3, -0.25) is 9.59 Å². The third-order valence-corrected chi connectivity index (χ3v) is 3.44. The Balaban J connectivity index is 1.82. The van der Waals surface area contributed by atoms with Crippen LogP contribution in [-0.2, 0) is 14.3 Å². The standard InChI is InChI=1S/C12H21N3O3/c1-14(9-10-3-2-8-18-10)11(16)12(17)15-6-4-13-5-7-15/h10,13H,2-9H2,1H3. The molecule has 2 aliphatic heterocycles. The SMILES string of the molecule is CN(CC1CCCO1)C(=O)C(=O)N1CCNCC1. The van der Waals surface area contributed by atoms with Crippen LogP contribution in [0.1, 0.15) is 12.8 Å². The largest absolute Gasteiger partial charge is 0.376 e. The molecule has 6 nitrogen and oxygen atoms in total. The van der Waals surface area contributed by atoms with Gasteiger partial charge < -0.3 is 19.9 Å². The van der Waals surface area contributed by atoms with E-state index in [0.29, 0.717) is 19.6 Å². The average Bonchev–Trinajstić information content (AvgIpc) is 2.91. The van der Waals surface area contributed by atoms with E-state index >= 15 is 0 Å². The van der Waals surface area contributed by atoms with Gasteiger partial charge in [0.15, 0.2) is 0 Å². The lowest BCUT2D eigenvalue weighted by atomic mass is 10.2. The minimum absolute atomic E-state index is 0.0924. The van der Waals surface area contributed by atoms with Crippen LogP contribution in [0, 0.1) is 0 Å². The van der Waals surface area contributed by atoms with Gasteiger partial charge in [-0.15, -0.1) is 0 Å². The lowest BCUT2D eigenvalue weighted by Crippen LogP contribution is -2.52. The van der Waals surface area contributed by atoms with Crippen LogP contribution in [-0.4, -0.2) is 74.1 Å². The van der Waals surface area contributed by atoms with Gasteiger partial charge in [0.2, 0.25) is 0 Å². The number of piperazine rings is 1. The van der Waals surface area contributed by atoms with Crippen molar-refractivity contribution in [2.45, 2.75) is 18.9 Å². The van der Waals surface area contributed by atoms with E-state index in [4.69, 9.17) is 4.74 Å². The number of hydrogen-bond acceptors (Lipinski definition) is 4. The normalized spacial score (nSPS) is 24.1. The number of likely N-dealkylation sites (N-methyl/N-ethyl adjacent to an activating group) is 1. The van der Waals surface area contributed by atoms with E-state index in [1.165, 1.54) is 4.90 Å². The van der Waals surface area contributed by atoms with Crippen molar-refractivity contribution in [3.63, 3.8) is 0 Å². The first-order valence-corrected chi connectivity index (χ1v) is 6.55. The number of nitrogens with zero attached hydrogens (tertiary/aromatic N) is 2. The van der Waals surface area contributed by atoms with Crippen molar-refractivity contribution in [3.05, 3.63) is 0 Å². The molecule has 0 aromatic rings. The van der Waals surface area contributed by atoms with Crippen molar-refractivity contribution in [2.75, 3.05) is 46.4 Å². The van der Waals surface area contributed by atoms with Gasteiger partial charge in [0, 0.05) is 46.4 Å². The van der Waals surface area contributed by atoms with Crippen molar-refractivity contribution in [3.8, 4) is 0 Å². The Labute approximate surface area is 107 Å². The predicted molar refractivity (Wildman–Crippen MR) is 66.1 cm³/mol. The Morgan fingerprint density at radius 2 is 2.11 bits per heavy atom. The number of ether oxygens (including phenoxy) is 1. The van der Waals surface area contributed by atoms with E-state index in [-0.39, 0.29) is 6.10 Å². The second kappa shape index (κ2) is 6.15. The van der Waals surface area contributed by atoms with Gasteiger partial charge in [0.25, 0.3) is 0 Å². The average molecular weight is 255 g/mol. The number of amides is 2. The zero-order valence-corrected chi connectivity index (χ0v) is 10.9. The lowest BCUT2D eigenvalue weighted by molar-refractivity contribution is -0.152. The van der Waals surface area contributed by atoms with E-state index in [9.17, 15) is 9.59 Å². The quantitative estimate of drug-likeness (QED) is 0.647. The molecule has 18 heavy (non-hydrogen) atoms.